The Labute approximate surface area is 332 Å². The number of rotatable bonds is 15. The normalized spacial score (nSPS) is 40.7. The van der Waals surface area contributed by atoms with E-state index in [4.69, 9.17) is 19.6 Å². The number of amides is 1. The van der Waals surface area contributed by atoms with Gasteiger partial charge in [-0.25, -0.2) is 4.89 Å². The van der Waals surface area contributed by atoms with Crippen molar-refractivity contribution in [1.82, 2.24) is 10.8 Å². The van der Waals surface area contributed by atoms with Gasteiger partial charge in [0.05, 0.1) is 49.5 Å². The van der Waals surface area contributed by atoms with Gasteiger partial charge in [0.1, 0.15) is 0 Å². The molecule has 6 aliphatic rings. The van der Waals surface area contributed by atoms with Crippen molar-refractivity contribution in [2.45, 2.75) is 205 Å². The quantitative estimate of drug-likeness (QED) is 0.0949. The molecule has 0 bridgehead atoms. The molecule has 4 N–H and O–H groups in total. The monoisotopic (exact) mass is 775 g/mol. The van der Waals surface area contributed by atoms with Crippen LogP contribution in [0, 0.1) is 52.8 Å². The van der Waals surface area contributed by atoms with Crippen molar-refractivity contribution in [2.24, 2.45) is 52.8 Å². The van der Waals surface area contributed by atoms with Crippen LogP contribution in [0.15, 0.2) is 0 Å². The summed E-state index contributed by atoms with van der Waals surface area (Å²) in [5.41, 5.74) is 3.71. The van der Waals surface area contributed by atoms with Gasteiger partial charge in [-0.2, -0.15) is 5.48 Å². The molecule has 0 heterocycles. The van der Waals surface area contributed by atoms with E-state index in [1.807, 2.05) is 0 Å². The van der Waals surface area contributed by atoms with Crippen LogP contribution in [0.3, 0.4) is 0 Å². The molecule has 6 rings (SSSR count). The van der Waals surface area contributed by atoms with Crippen LogP contribution in [0.5, 0.6) is 0 Å². The van der Waals surface area contributed by atoms with Crippen molar-refractivity contribution in [2.75, 3.05) is 13.2 Å². The molecule has 0 aromatic carbocycles. The highest BCUT2D eigenvalue weighted by atomic mass is 17.1. The zero-order chi connectivity index (χ0) is 39.0. The van der Waals surface area contributed by atoms with Crippen LogP contribution in [0.25, 0.3) is 0 Å². The first kappa shape index (κ1) is 43.3. The largest absolute Gasteiger partial charge is 0.481 e. The fourth-order valence-corrected chi connectivity index (χ4v) is 12.1. The lowest BCUT2D eigenvalue weighted by atomic mass is 9.60. The number of carboxylic acid groups (broad SMARTS) is 1. The van der Waals surface area contributed by atoms with Crippen LogP contribution in [-0.2, 0) is 28.8 Å². The summed E-state index contributed by atoms with van der Waals surface area (Å²) in [7, 11) is 0. The van der Waals surface area contributed by atoms with Crippen LogP contribution in [0.4, 0.5) is 0 Å². The molecule has 6 unspecified atom stereocenters. The molecule has 0 aromatic heterocycles. The number of hydrogen-bond acceptors (Lipinski definition) is 8. The fourth-order valence-electron chi connectivity index (χ4n) is 12.1. The zero-order valence-electron chi connectivity index (χ0n) is 34.9. The van der Waals surface area contributed by atoms with Gasteiger partial charge in [-0.3, -0.25) is 14.8 Å². The van der Waals surface area contributed by atoms with Gasteiger partial charge in [-0.1, -0.05) is 34.1 Å². The highest BCUT2D eigenvalue weighted by molar-refractivity contribution is 5.85. The van der Waals surface area contributed by atoms with E-state index >= 15 is 0 Å². The molecular formula is C45H78N2O8. The minimum atomic E-state index is -0.824. The van der Waals surface area contributed by atoms with Gasteiger partial charge < -0.3 is 24.7 Å². The Kier molecular flexibility index (Phi) is 16.2. The van der Waals surface area contributed by atoms with E-state index in [9.17, 15) is 14.7 Å². The van der Waals surface area contributed by atoms with Crippen LogP contribution >= 0.6 is 0 Å². The second-order valence-corrected chi connectivity index (χ2v) is 20.1. The lowest BCUT2D eigenvalue weighted by Crippen LogP contribution is -2.46. The van der Waals surface area contributed by atoms with Crippen molar-refractivity contribution < 1.29 is 39.2 Å². The molecule has 0 radical (unpaired) electrons. The highest BCUT2D eigenvalue weighted by Crippen LogP contribution is 2.49. The standard InChI is InChI=1S/C45H78N2O8/c1-29-5-7-31(32(25-29)28-53-51)27-52-47-36-14-22-40(23-15-36)55-38-18-10-34(11-19-38)45(3,4)33-8-16-37(17-9-33)54-39-20-12-35(13-21-39)46-43(48)41-24-6-30(2)26-42(41)44(49)50/h29-42,47,51H,5-28H2,1-4H3,(H,46,48)(H,49,50). The summed E-state index contributed by atoms with van der Waals surface area (Å²) >= 11 is 0. The van der Waals surface area contributed by atoms with Crippen molar-refractivity contribution in [3.8, 4) is 0 Å². The fraction of sp³-hybridized carbons (Fsp3) is 0.956. The zero-order valence-corrected chi connectivity index (χ0v) is 34.9. The van der Waals surface area contributed by atoms with Crippen molar-refractivity contribution in [3.63, 3.8) is 0 Å². The van der Waals surface area contributed by atoms with Crippen LogP contribution in [0.2, 0.25) is 0 Å². The molecule has 6 atom stereocenters. The molecule has 6 saturated carbocycles. The third-order valence-corrected chi connectivity index (χ3v) is 15.9. The summed E-state index contributed by atoms with van der Waals surface area (Å²) in [4.78, 5) is 35.5. The molecule has 0 spiro atoms. The molecule has 6 aliphatic carbocycles. The number of hydroxylamine groups is 1. The average Bonchev–Trinajstić information content (AvgIpc) is 3.17. The second-order valence-electron chi connectivity index (χ2n) is 20.1. The number of nitrogens with one attached hydrogen (secondary N) is 2. The Morgan fingerprint density at radius 3 is 1.60 bits per heavy atom. The van der Waals surface area contributed by atoms with E-state index in [0.29, 0.717) is 79.5 Å². The summed E-state index contributed by atoms with van der Waals surface area (Å²) in [6, 6.07) is 0.535. The lowest BCUT2D eigenvalue weighted by molar-refractivity contribution is -0.257. The third kappa shape index (κ3) is 12.1. The molecule has 0 aliphatic heterocycles. The number of hydrogen-bond donors (Lipinski definition) is 4. The maximum absolute atomic E-state index is 13.1. The van der Waals surface area contributed by atoms with Crippen LogP contribution in [0.1, 0.15) is 169 Å². The van der Waals surface area contributed by atoms with Crippen molar-refractivity contribution in [1.29, 1.82) is 0 Å². The highest BCUT2D eigenvalue weighted by Gasteiger charge is 2.42. The summed E-state index contributed by atoms with van der Waals surface area (Å²) in [6.07, 6.45) is 25.0. The van der Waals surface area contributed by atoms with E-state index in [2.05, 4.69) is 43.4 Å². The van der Waals surface area contributed by atoms with E-state index in [1.165, 1.54) is 44.9 Å². The Bertz CT molecular complexity index is 1170. The molecule has 6 fully saturated rings. The van der Waals surface area contributed by atoms with Gasteiger partial charge in [-0.05, 0) is 176 Å². The smallest absolute Gasteiger partial charge is 0.307 e. The number of ether oxygens (including phenoxy) is 2. The first-order valence-electron chi connectivity index (χ1n) is 23.0. The van der Waals surface area contributed by atoms with Gasteiger partial charge in [0, 0.05) is 12.1 Å². The summed E-state index contributed by atoms with van der Waals surface area (Å²) in [5, 5.41) is 22.0. The van der Waals surface area contributed by atoms with E-state index in [-0.39, 0.29) is 18.1 Å². The number of carbonyl (C=O) groups excluding carboxylic acids is 1. The van der Waals surface area contributed by atoms with E-state index < -0.39 is 17.8 Å². The Morgan fingerprint density at radius 2 is 1.07 bits per heavy atom. The topological polar surface area (TPSA) is 136 Å². The molecule has 10 heteroatoms. The Balaban J connectivity index is 0.822. The number of carbonyl (C=O) groups is 2. The molecule has 316 valence electrons. The molecular weight excluding hydrogens is 697 g/mol. The first-order chi connectivity index (χ1) is 26.5. The van der Waals surface area contributed by atoms with Gasteiger partial charge in [0.25, 0.3) is 0 Å². The molecule has 10 nitrogen and oxygen atoms in total. The summed E-state index contributed by atoms with van der Waals surface area (Å²) < 4.78 is 13.4. The van der Waals surface area contributed by atoms with Gasteiger partial charge >= 0.3 is 5.97 Å². The number of aliphatic carboxylic acids is 1. The van der Waals surface area contributed by atoms with Crippen molar-refractivity contribution in [3.05, 3.63) is 0 Å². The summed E-state index contributed by atoms with van der Waals surface area (Å²) in [6.45, 7) is 10.6. The predicted octanol–water partition coefficient (Wildman–Crippen LogP) is 9.10. The second kappa shape index (κ2) is 20.6. The maximum atomic E-state index is 13.1. The third-order valence-electron chi connectivity index (χ3n) is 15.9. The van der Waals surface area contributed by atoms with Crippen LogP contribution < -0.4 is 10.8 Å². The lowest BCUT2D eigenvalue weighted by Gasteiger charge is -2.47. The van der Waals surface area contributed by atoms with E-state index in [1.54, 1.807) is 0 Å². The predicted molar refractivity (Wildman–Crippen MR) is 213 cm³/mol. The molecule has 1 amide bonds. The SMILES string of the molecule is CC1CCC(CONC2CCC(OC3CCC(C(C)(C)C4CCC(OC5CCC(NC(=O)C6CCC(C)CC6C(=O)O)CC5)CC4)CC3)CC2)C(COO)C1. The summed E-state index contributed by atoms with van der Waals surface area (Å²) in [5.74, 6) is 1.57. The average molecular weight is 775 g/mol. The number of carboxylic acids is 1. The Morgan fingerprint density at radius 1 is 0.582 bits per heavy atom. The molecule has 55 heavy (non-hydrogen) atoms. The first-order valence-corrected chi connectivity index (χ1v) is 23.0. The van der Waals surface area contributed by atoms with E-state index in [0.717, 1.165) is 95.3 Å². The van der Waals surface area contributed by atoms with Gasteiger partial charge in [0.2, 0.25) is 5.91 Å². The molecule has 0 aromatic rings. The van der Waals surface area contributed by atoms with Crippen molar-refractivity contribution >= 4 is 11.9 Å². The molecule has 0 saturated heterocycles. The Hall–Kier alpha value is -1.30. The van der Waals surface area contributed by atoms with Gasteiger partial charge in [0.15, 0.2) is 0 Å². The minimum absolute atomic E-state index is 0.0472. The van der Waals surface area contributed by atoms with Crippen LogP contribution in [-0.4, -0.2) is 72.0 Å². The minimum Gasteiger partial charge on any atom is -0.481 e. The maximum Gasteiger partial charge on any atom is 0.307 e. The van der Waals surface area contributed by atoms with Gasteiger partial charge in [-0.15, -0.1) is 0 Å².